The first-order valence-electron chi connectivity index (χ1n) is 6.51. The molecule has 1 heterocycles. The largest absolute Gasteiger partial charge is 0.384 e. The summed E-state index contributed by atoms with van der Waals surface area (Å²) < 4.78 is 0. The van der Waals surface area contributed by atoms with Crippen molar-refractivity contribution < 1.29 is 9.90 Å². The molecular weight excluding hydrogens is 278 g/mol. The number of thiophene rings is 1. The van der Waals surface area contributed by atoms with Gasteiger partial charge in [-0.2, -0.15) is 23.1 Å². The van der Waals surface area contributed by atoms with Crippen LogP contribution in [0.4, 0.5) is 0 Å². The first-order chi connectivity index (χ1) is 8.92. The van der Waals surface area contributed by atoms with Gasteiger partial charge in [-0.05, 0) is 47.4 Å². The highest BCUT2D eigenvalue weighted by Crippen LogP contribution is 2.22. The minimum absolute atomic E-state index is 0.00994. The first-order valence-corrected chi connectivity index (χ1v) is 8.61. The Morgan fingerprint density at radius 3 is 2.89 bits per heavy atom. The van der Waals surface area contributed by atoms with Crippen LogP contribution in [-0.2, 0) is 10.4 Å². The van der Waals surface area contributed by atoms with Crippen molar-refractivity contribution >= 4 is 29.0 Å². The highest BCUT2D eigenvalue weighted by atomic mass is 32.2. The molecule has 0 aliphatic rings. The zero-order valence-corrected chi connectivity index (χ0v) is 13.4. The molecule has 0 radical (unpaired) electrons. The fraction of sp³-hybridized carbons (Fsp3) is 0.643. The molecule has 0 spiro atoms. The van der Waals surface area contributed by atoms with Gasteiger partial charge < -0.3 is 10.4 Å². The standard InChI is InChI=1S/C14H23NO2S2/c1-11(2)4-6-19-9-13(16)15-10-14(3,17)12-5-7-18-8-12/h5,7-8,11,17H,4,6,9-10H2,1-3H3,(H,15,16). The molecule has 1 atom stereocenters. The molecule has 0 fully saturated rings. The predicted molar refractivity (Wildman–Crippen MR) is 83.7 cm³/mol. The Kier molecular flexibility index (Phi) is 6.89. The maximum absolute atomic E-state index is 11.7. The van der Waals surface area contributed by atoms with Gasteiger partial charge >= 0.3 is 0 Å². The van der Waals surface area contributed by atoms with Gasteiger partial charge in [0.15, 0.2) is 0 Å². The molecule has 0 saturated carbocycles. The van der Waals surface area contributed by atoms with Gasteiger partial charge in [-0.15, -0.1) is 0 Å². The Labute approximate surface area is 123 Å². The number of aliphatic hydroxyl groups is 1. The minimum atomic E-state index is -0.988. The monoisotopic (exact) mass is 301 g/mol. The van der Waals surface area contributed by atoms with E-state index in [1.807, 2.05) is 16.8 Å². The molecule has 1 unspecified atom stereocenters. The molecule has 0 bridgehead atoms. The van der Waals surface area contributed by atoms with E-state index in [4.69, 9.17) is 0 Å². The maximum Gasteiger partial charge on any atom is 0.230 e. The molecule has 0 aliphatic carbocycles. The third kappa shape index (κ3) is 6.45. The van der Waals surface area contributed by atoms with Gasteiger partial charge in [0.1, 0.15) is 5.60 Å². The van der Waals surface area contributed by atoms with Gasteiger partial charge in [0.25, 0.3) is 0 Å². The summed E-state index contributed by atoms with van der Waals surface area (Å²) in [7, 11) is 0. The van der Waals surface area contributed by atoms with Crippen molar-refractivity contribution in [2.24, 2.45) is 5.92 Å². The number of hydrogen-bond donors (Lipinski definition) is 2. The summed E-state index contributed by atoms with van der Waals surface area (Å²) in [6.45, 7) is 6.34. The number of rotatable bonds is 8. The molecule has 108 valence electrons. The van der Waals surface area contributed by atoms with E-state index in [9.17, 15) is 9.90 Å². The maximum atomic E-state index is 11.7. The average Bonchev–Trinajstić information content (AvgIpc) is 2.86. The summed E-state index contributed by atoms with van der Waals surface area (Å²) in [4.78, 5) is 11.7. The van der Waals surface area contributed by atoms with E-state index in [0.29, 0.717) is 11.7 Å². The highest BCUT2D eigenvalue weighted by molar-refractivity contribution is 7.99. The Morgan fingerprint density at radius 1 is 1.58 bits per heavy atom. The second kappa shape index (κ2) is 7.92. The van der Waals surface area contributed by atoms with Crippen LogP contribution in [0.15, 0.2) is 16.8 Å². The molecule has 19 heavy (non-hydrogen) atoms. The van der Waals surface area contributed by atoms with Crippen molar-refractivity contribution in [1.82, 2.24) is 5.32 Å². The van der Waals surface area contributed by atoms with Gasteiger partial charge in [0.2, 0.25) is 5.91 Å². The molecule has 3 nitrogen and oxygen atoms in total. The lowest BCUT2D eigenvalue weighted by atomic mass is 9.99. The smallest absolute Gasteiger partial charge is 0.230 e. The summed E-state index contributed by atoms with van der Waals surface area (Å²) in [5.74, 6) is 2.14. The molecule has 1 aromatic heterocycles. The van der Waals surface area contributed by atoms with Gasteiger partial charge in [0.05, 0.1) is 12.3 Å². The Balaban J connectivity index is 2.23. The topological polar surface area (TPSA) is 49.3 Å². The fourth-order valence-electron chi connectivity index (χ4n) is 1.48. The van der Waals surface area contributed by atoms with Gasteiger partial charge in [-0.1, -0.05) is 13.8 Å². The van der Waals surface area contributed by atoms with E-state index in [1.165, 1.54) is 0 Å². The van der Waals surface area contributed by atoms with Crippen LogP contribution in [0.1, 0.15) is 32.8 Å². The number of thioether (sulfide) groups is 1. The molecular formula is C14H23NO2S2. The fourth-order valence-corrected chi connectivity index (χ4v) is 3.33. The summed E-state index contributed by atoms with van der Waals surface area (Å²) in [5.41, 5.74) is -0.136. The number of nitrogens with one attached hydrogen (secondary N) is 1. The number of carbonyl (C=O) groups excluding carboxylic acids is 1. The molecule has 5 heteroatoms. The molecule has 0 aliphatic heterocycles. The molecule has 1 amide bonds. The van der Waals surface area contributed by atoms with E-state index >= 15 is 0 Å². The van der Waals surface area contributed by atoms with Crippen molar-refractivity contribution in [1.29, 1.82) is 0 Å². The lowest BCUT2D eigenvalue weighted by molar-refractivity contribution is -0.119. The SMILES string of the molecule is CC(C)CCSCC(=O)NCC(C)(O)c1ccsc1. The number of carbonyl (C=O) groups is 1. The van der Waals surface area contributed by atoms with E-state index in [1.54, 1.807) is 30.0 Å². The van der Waals surface area contributed by atoms with Crippen LogP contribution in [0.3, 0.4) is 0 Å². The number of amides is 1. The summed E-state index contributed by atoms with van der Waals surface area (Å²) in [6, 6.07) is 1.88. The van der Waals surface area contributed by atoms with Crippen molar-refractivity contribution in [3.8, 4) is 0 Å². The lowest BCUT2D eigenvalue weighted by Crippen LogP contribution is -2.39. The third-order valence-electron chi connectivity index (χ3n) is 2.85. The van der Waals surface area contributed by atoms with Crippen LogP contribution in [-0.4, -0.2) is 29.1 Å². The van der Waals surface area contributed by atoms with E-state index in [2.05, 4.69) is 19.2 Å². The summed E-state index contributed by atoms with van der Waals surface area (Å²) in [6.07, 6.45) is 1.13. The normalized spacial score (nSPS) is 14.4. The van der Waals surface area contributed by atoms with Crippen LogP contribution in [0.2, 0.25) is 0 Å². The van der Waals surface area contributed by atoms with Gasteiger partial charge in [0, 0.05) is 0 Å². The van der Waals surface area contributed by atoms with Crippen molar-refractivity contribution in [3.63, 3.8) is 0 Å². The van der Waals surface area contributed by atoms with Crippen molar-refractivity contribution in [2.75, 3.05) is 18.1 Å². The van der Waals surface area contributed by atoms with E-state index in [0.717, 1.165) is 17.7 Å². The first kappa shape index (κ1) is 16.5. The van der Waals surface area contributed by atoms with Gasteiger partial charge in [-0.25, -0.2) is 0 Å². The Bertz CT molecular complexity index is 375. The lowest BCUT2D eigenvalue weighted by Gasteiger charge is -2.22. The van der Waals surface area contributed by atoms with Crippen LogP contribution >= 0.6 is 23.1 Å². The minimum Gasteiger partial charge on any atom is -0.384 e. The third-order valence-corrected chi connectivity index (χ3v) is 4.52. The zero-order chi connectivity index (χ0) is 14.3. The second-order valence-electron chi connectivity index (χ2n) is 5.30. The van der Waals surface area contributed by atoms with E-state index < -0.39 is 5.60 Å². The van der Waals surface area contributed by atoms with Crippen LogP contribution in [0, 0.1) is 5.92 Å². The Hall–Kier alpha value is -0.520. The second-order valence-corrected chi connectivity index (χ2v) is 7.18. The molecule has 0 aromatic carbocycles. The molecule has 0 saturated heterocycles. The van der Waals surface area contributed by atoms with Crippen LogP contribution in [0.5, 0.6) is 0 Å². The highest BCUT2D eigenvalue weighted by Gasteiger charge is 2.23. The molecule has 2 N–H and O–H groups in total. The Morgan fingerprint density at radius 2 is 2.32 bits per heavy atom. The molecule has 1 rings (SSSR count). The number of hydrogen-bond acceptors (Lipinski definition) is 4. The van der Waals surface area contributed by atoms with Crippen LogP contribution < -0.4 is 5.32 Å². The average molecular weight is 301 g/mol. The predicted octanol–water partition coefficient (Wildman–Crippen LogP) is 2.85. The van der Waals surface area contributed by atoms with Crippen molar-refractivity contribution in [3.05, 3.63) is 22.4 Å². The quantitative estimate of drug-likeness (QED) is 0.726. The zero-order valence-electron chi connectivity index (χ0n) is 11.8. The van der Waals surface area contributed by atoms with Gasteiger partial charge in [-0.3, -0.25) is 4.79 Å². The van der Waals surface area contributed by atoms with Crippen LogP contribution in [0.25, 0.3) is 0 Å². The summed E-state index contributed by atoms with van der Waals surface area (Å²) >= 11 is 3.19. The van der Waals surface area contributed by atoms with Crippen molar-refractivity contribution in [2.45, 2.75) is 32.8 Å². The van der Waals surface area contributed by atoms with E-state index in [-0.39, 0.29) is 12.5 Å². The molecule has 1 aromatic rings. The summed E-state index contributed by atoms with van der Waals surface area (Å²) in [5, 5.41) is 16.9.